The molecule has 0 aliphatic heterocycles. The first-order valence-corrected chi connectivity index (χ1v) is 7.12. The molecule has 0 radical (unpaired) electrons. The molecule has 2 rings (SSSR count). The SMILES string of the molecule is COc1cc(C(C)O)ccc1OCc1ccc(Br)cc1. The molecule has 3 nitrogen and oxygen atoms in total. The number of aliphatic hydroxyl groups excluding tert-OH is 1. The van der Waals surface area contributed by atoms with Gasteiger partial charge >= 0.3 is 0 Å². The van der Waals surface area contributed by atoms with Gasteiger partial charge in [-0.25, -0.2) is 0 Å². The largest absolute Gasteiger partial charge is 0.493 e. The molecule has 0 aliphatic carbocycles. The van der Waals surface area contributed by atoms with Crippen molar-refractivity contribution < 1.29 is 14.6 Å². The van der Waals surface area contributed by atoms with Crippen molar-refractivity contribution in [1.29, 1.82) is 0 Å². The molecule has 1 N–H and O–H groups in total. The fraction of sp³-hybridized carbons (Fsp3) is 0.250. The summed E-state index contributed by atoms with van der Waals surface area (Å²) < 4.78 is 12.1. The molecule has 20 heavy (non-hydrogen) atoms. The molecule has 106 valence electrons. The Kier molecular flexibility index (Phi) is 5.04. The normalized spacial score (nSPS) is 12.0. The maximum absolute atomic E-state index is 9.57. The number of ether oxygens (including phenoxy) is 2. The number of methoxy groups -OCH3 is 1. The lowest BCUT2D eigenvalue weighted by Gasteiger charge is -2.13. The van der Waals surface area contributed by atoms with E-state index in [9.17, 15) is 5.11 Å². The van der Waals surface area contributed by atoms with E-state index in [1.807, 2.05) is 36.4 Å². The minimum atomic E-state index is -0.524. The van der Waals surface area contributed by atoms with Gasteiger partial charge in [0.1, 0.15) is 6.61 Å². The summed E-state index contributed by atoms with van der Waals surface area (Å²) in [5.74, 6) is 1.29. The van der Waals surface area contributed by atoms with Crippen LogP contribution in [0, 0.1) is 0 Å². The first kappa shape index (κ1) is 14.9. The van der Waals surface area contributed by atoms with Gasteiger partial charge in [0, 0.05) is 4.47 Å². The topological polar surface area (TPSA) is 38.7 Å². The highest BCUT2D eigenvalue weighted by Crippen LogP contribution is 2.30. The van der Waals surface area contributed by atoms with Crippen LogP contribution in [-0.4, -0.2) is 12.2 Å². The summed E-state index contributed by atoms with van der Waals surface area (Å²) in [6, 6.07) is 13.4. The lowest BCUT2D eigenvalue weighted by Crippen LogP contribution is -1.99. The van der Waals surface area contributed by atoms with E-state index in [-0.39, 0.29) is 0 Å². The number of aliphatic hydroxyl groups is 1. The quantitative estimate of drug-likeness (QED) is 0.893. The molecule has 0 aromatic heterocycles. The van der Waals surface area contributed by atoms with Crippen LogP contribution in [0.2, 0.25) is 0 Å². The Hall–Kier alpha value is -1.52. The van der Waals surface area contributed by atoms with E-state index in [4.69, 9.17) is 9.47 Å². The lowest BCUT2D eigenvalue weighted by molar-refractivity contribution is 0.198. The van der Waals surface area contributed by atoms with Gasteiger partial charge < -0.3 is 14.6 Å². The molecular weight excluding hydrogens is 320 g/mol. The number of benzene rings is 2. The van der Waals surface area contributed by atoms with Gasteiger partial charge in [-0.15, -0.1) is 0 Å². The number of halogens is 1. The molecule has 2 aromatic rings. The summed E-state index contributed by atoms with van der Waals surface area (Å²) in [5, 5.41) is 9.57. The summed E-state index contributed by atoms with van der Waals surface area (Å²) in [6.45, 7) is 2.19. The number of hydrogen-bond acceptors (Lipinski definition) is 3. The Morgan fingerprint density at radius 2 is 1.80 bits per heavy atom. The van der Waals surface area contributed by atoms with Crippen molar-refractivity contribution in [2.24, 2.45) is 0 Å². The average Bonchev–Trinajstić information content (AvgIpc) is 2.46. The van der Waals surface area contributed by atoms with Gasteiger partial charge in [-0.3, -0.25) is 0 Å². The van der Waals surface area contributed by atoms with Crippen molar-refractivity contribution in [3.63, 3.8) is 0 Å². The summed E-state index contributed by atoms with van der Waals surface area (Å²) in [5.41, 5.74) is 1.88. The highest BCUT2D eigenvalue weighted by molar-refractivity contribution is 9.10. The van der Waals surface area contributed by atoms with E-state index in [0.29, 0.717) is 18.1 Å². The van der Waals surface area contributed by atoms with Crippen LogP contribution < -0.4 is 9.47 Å². The monoisotopic (exact) mass is 336 g/mol. The first-order valence-electron chi connectivity index (χ1n) is 6.33. The highest BCUT2D eigenvalue weighted by Gasteiger charge is 2.09. The summed E-state index contributed by atoms with van der Waals surface area (Å²) in [6.07, 6.45) is -0.524. The van der Waals surface area contributed by atoms with Crippen LogP contribution in [0.25, 0.3) is 0 Å². The van der Waals surface area contributed by atoms with Crippen molar-refractivity contribution >= 4 is 15.9 Å². The number of hydrogen-bond donors (Lipinski definition) is 1. The van der Waals surface area contributed by atoms with E-state index >= 15 is 0 Å². The van der Waals surface area contributed by atoms with Gasteiger partial charge in [0.2, 0.25) is 0 Å². The predicted molar refractivity (Wildman–Crippen MR) is 82.1 cm³/mol. The van der Waals surface area contributed by atoms with E-state index in [2.05, 4.69) is 15.9 Å². The van der Waals surface area contributed by atoms with Gasteiger partial charge in [-0.2, -0.15) is 0 Å². The van der Waals surface area contributed by atoms with E-state index in [1.54, 1.807) is 20.1 Å². The molecule has 2 aromatic carbocycles. The van der Waals surface area contributed by atoms with Crippen LogP contribution in [0.4, 0.5) is 0 Å². The van der Waals surface area contributed by atoms with Gasteiger partial charge in [-0.05, 0) is 42.3 Å². The standard InChI is InChI=1S/C16H17BrO3/c1-11(18)13-5-8-15(16(9-13)19-2)20-10-12-3-6-14(17)7-4-12/h3-9,11,18H,10H2,1-2H3. The van der Waals surface area contributed by atoms with Gasteiger partial charge in [0.05, 0.1) is 13.2 Å². The third-order valence-electron chi connectivity index (χ3n) is 2.98. The minimum absolute atomic E-state index is 0.470. The second-order valence-corrected chi connectivity index (χ2v) is 5.42. The molecule has 1 unspecified atom stereocenters. The molecule has 4 heteroatoms. The minimum Gasteiger partial charge on any atom is -0.493 e. The second-order valence-electron chi connectivity index (χ2n) is 4.50. The molecule has 0 spiro atoms. The van der Waals surface area contributed by atoms with Crippen molar-refractivity contribution in [2.45, 2.75) is 19.6 Å². The van der Waals surface area contributed by atoms with Crippen LogP contribution in [0.3, 0.4) is 0 Å². The van der Waals surface area contributed by atoms with Crippen molar-refractivity contribution in [3.8, 4) is 11.5 Å². The van der Waals surface area contributed by atoms with Gasteiger partial charge in [0.25, 0.3) is 0 Å². The van der Waals surface area contributed by atoms with Crippen molar-refractivity contribution in [1.82, 2.24) is 0 Å². The van der Waals surface area contributed by atoms with Crippen LogP contribution in [-0.2, 0) is 6.61 Å². The smallest absolute Gasteiger partial charge is 0.161 e. The highest BCUT2D eigenvalue weighted by atomic mass is 79.9. The average molecular weight is 337 g/mol. The zero-order valence-electron chi connectivity index (χ0n) is 11.5. The molecule has 0 aliphatic rings. The van der Waals surface area contributed by atoms with Crippen molar-refractivity contribution in [3.05, 3.63) is 58.1 Å². The maximum Gasteiger partial charge on any atom is 0.161 e. The molecule has 0 bridgehead atoms. The fourth-order valence-corrected chi connectivity index (χ4v) is 2.07. The molecule has 0 fully saturated rings. The molecule has 0 saturated carbocycles. The molecular formula is C16H17BrO3. The summed E-state index contributed by atoms with van der Waals surface area (Å²) in [7, 11) is 1.59. The third-order valence-corrected chi connectivity index (χ3v) is 3.51. The zero-order chi connectivity index (χ0) is 14.5. The lowest BCUT2D eigenvalue weighted by atomic mass is 10.1. The fourth-order valence-electron chi connectivity index (χ4n) is 1.80. The van der Waals surface area contributed by atoms with Crippen LogP contribution in [0.1, 0.15) is 24.2 Å². The number of rotatable bonds is 5. The van der Waals surface area contributed by atoms with Gasteiger partial charge in [0.15, 0.2) is 11.5 Å². The molecule has 1 atom stereocenters. The third kappa shape index (κ3) is 3.74. The second kappa shape index (κ2) is 6.77. The Bertz CT molecular complexity index is 564. The van der Waals surface area contributed by atoms with Crippen LogP contribution in [0.15, 0.2) is 46.9 Å². The predicted octanol–water partition coefficient (Wildman–Crippen LogP) is 4.09. The van der Waals surface area contributed by atoms with E-state index in [1.165, 1.54) is 0 Å². The molecule has 0 amide bonds. The van der Waals surface area contributed by atoms with Crippen LogP contribution >= 0.6 is 15.9 Å². The van der Waals surface area contributed by atoms with E-state index in [0.717, 1.165) is 15.6 Å². The Morgan fingerprint density at radius 3 is 2.40 bits per heavy atom. The van der Waals surface area contributed by atoms with E-state index < -0.39 is 6.10 Å². The van der Waals surface area contributed by atoms with Crippen molar-refractivity contribution in [2.75, 3.05) is 7.11 Å². The van der Waals surface area contributed by atoms with Crippen LogP contribution in [0.5, 0.6) is 11.5 Å². The summed E-state index contributed by atoms with van der Waals surface area (Å²) in [4.78, 5) is 0. The Morgan fingerprint density at radius 1 is 1.10 bits per heavy atom. The Labute approximate surface area is 127 Å². The zero-order valence-corrected chi connectivity index (χ0v) is 13.1. The molecule has 0 heterocycles. The first-order chi connectivity index (χ1) is 9.60. The van der Waals surface area contributed by atoms with Gasteiger partial charge in [-0.1, -0.05) is 34.1 Å². The molecule has 0 saturated heterocycles. The Balaban J connectivity index is 2.10. The summed E-state index contributed by atoms with van der Waals surface area (Å²) >= 11 is 3.40. The maximum atomic E-state index is 9.57.